The van der Waals surface area contributed by atoms with E-state index in [-0.39, 0.29) is 104 Å². The topological polar surface area (TPSA) is 211 Å². The van der Waals surface area contributed by atoms with Crippen LogP contribution in [0.2, 0.25) is 0 Å². The van der Waals surface area contributed by atoms with Crippen molar-refractivity contribution in [3.8, 4) is 6.07 Å². The number of rotatable bonds is 1. The Kier molecular flexibility index (Phi) is 20.5. The molecule has 0 aliphatic carbocycles. The number of urea groups is 1. The molecule has 3 rings (SSSR count). The number of hydrazone groups is 2. The number of carbonyl (C=O) groups is 3. The van der Waals surface area contributed by atoms with Crippen molar-refractivity contribution in [3.63, 3.8) is 0 Å². The fourth-order valence-corrected chi connectivity index (χ4v) is 3.26. The fraction of sp³-hybridized carbons (Fsp3) is 0.571. The van der Waals surface area contributed by atoms with Crippen molar-refractivity contribution in [2.75, 3.05) is 0 Å². The van der Waals surface area contributed by atoms with Crippen molar-refractivity contribution in [2.45, 2.75) is 115 Å². The smallest absolute Gasteiger partial charge is 0.342 e. The Morgan fingerprint density at radius 2 is 1.46 bits per heavy atom. The molecule has 52 heavy (non-hydrogen) atoms. The van der Waals surface area contributed by atoms with Crippen molar-refractivity contribution < 1.29 is 51.9 Å². The molecule has 0 unspecified atom stereocenters. The van der Waals surface area contributed by atoms with Crippen molar-refractivity contribution in [2.24, 2.45) is 37.2 Å². The predicted molar refractivity (Wildman–Crippen MR) is 204 cm³/mol. The van der Waals surface area contributed by atoms with Gasteiger partial charge in [0, 0.05) is 52.1 Å². The van der Waals surface area contributed by atoms with Gasteiger partial charge in [-0.05, 0) is 53.5 Å². The van der Waals surface area contributed by atoms with Gasteiger partial charge in [0.05, 0.1) is 11.2 Å². The Morgan fingerprint density at radius 1 is 0.942 bits per heavy atom. The van der Waals surface area contributed by atoms with Crippen LogP contribution in [0.1, 0.15) is 104 Å². The SMILES string of the molecule is C=C1N=C(C(=O)NC(C)(C)C)NO1.C=C1NC(=O)N(C(C)(C)C)N=C1C#N.C=C1NN=C(C(C)(C)C)C(=O)N1.CC(C)(C)[C-]=C(N)C(C)(C)C.[B].[Y]. The number of hydrogen-bond donors (Lipinski definition) is 6. The normalized spacial score (nSPS) is 16.0. The molecule has 3 aliphatic heterocycles. The average molecular weight is 797 g/mol. The largest absolute Gasteiger partial charge is 0.470 e. The number of hydroxylamine groups is 1. The molecule has 15 nitrogen and oxygen atoms in total. The van der Waals surface area contributed by atoms with Gasteiger partial charge in [-0.15, -0.1) is 0 Å². The van der Waals surface area contributed by atoms with Gasteiger partial charge in [0.1, 0.15) is 17.6 Å². The second-order valence-electron chi connectivity index (χ2n) is 16.5. The van der Waals surface area contributed by atoms with E-state index in [1.54, 1.807) is 0 Å². The maximum atomic E-state index is 11.5. The van der Waals surface area contributed by atoms with E-state index in [0.29, 0.717) is 11.5 Å². The van der Waals surface area contributed by atoms with E-state index in [1.165, 1.54) is 5.01 Å². The minimum atomic E-state index is -0.452. The first-order valence-electron chi connectivity index (χ1n) is 15.9. The number of nitrogens with one attached hydrogen (secondary N) is 5. The first kappa shape index (κ1) is 52.4. The van der Waals surface area contributed by atoms with Gasteiger partial charge >= 0.3 is 6.03 Å². The Bertz CT molecular complexity index is 1510. The number of amides is 4. The van der Waals surface area contributed by atoms with Gasteiger partial charge in [-0.3, -0.25) is 15.0 Å². The van der Waals surface area contributed by atoms with Crippen molar-refractivity contribution in [1.29, 1.82) is 5.26 Å². The quantitative estimate of drug-likeness (QED) is 0.165. The third-order valence-corrected chi connectivity index (χ3v) is 5.69. The Hall–Kier alpha value is -3.96. The summed E-state index contributed by atoms with van der Waals surface area (Å²) in [5.74, 6) is 0.282. The van der Waals surface area contributed by atoms with Gasteiger partial charge < -0.3 is 32.6 Å². The van der Waals surface area contributed by atoms with E-state index in [9.17, 15) is 14.4 Å². The molecule has 0 bridgehead atoms. The van der Waals surface area contributed by atoms with Crippen LogP contribution in [0.4, 0.5) is 4.79 Å². The maximum Gasteiger partial charge on any atom is 0.342 e. The van der Waals surface area contributed by atoms with Gasteiger partial charge in [-0.25, -0.2) is 9.80 Å². The molecule has 0 saturated heterocycles. The van der Waals surface area contributed by atoms with E-state index in [1.807, 2.05) is 68.4 Å². The molecular weight excluding hydrogens is 738 g/mol. The van der Waals surface area contributed by atoms with Crippen LogP contribution in [0.25, 0.3) is 0 Å². The molecule has 7 N–H and O–H groups in total. The van der Waals surface area contributed by atoms with Gasteiger partial charge in [-0.1, -0.05) is 75.5 Å². The summed E-state index contributed by atoms with van der Waals surface area (Å²) < 4.78 is 0. The van der Waals surface area contributed by atoms with Gasteiger partial charge in [-0.2, -0.15) is 37.0 Å². The average Bonchev–Trinajstić information content (AvgIpc) is 3.32. The van der Waals surface area contributed by atoms with Crippen LogP contribution in [-0.2, 0) is 47.1 Å². The van der Waals surface area contributed by atoms with Crippen LogP contribution in [-0.4, -0.2) is 59.6 Å². The van der Waals surface area contributed by atoms with E-state index < -0.39 is 5.54 Å². The third-order valence-electron chi connectivity index (χ3n) is 5.69. The summed E-state index contributed by atoms with van der Waals surface area (Å²) in [6.07, 6.45) is 3.25. The second-order valence-corrected chi connectivity index (χ2v) is 16.5. The summed E-state index contributed by atoms with van der Waals surface area (Å²) in [4.78, 5) is 42.6. The summed E-state index contributed by atoms with van der Waals surface area (Å²) in [5.41, 5.74) is 11.7. The van der Waals surface area contributed by atoms with Crippen molar-refractivity contribution in [3.05, 3.63) is 48.9 Å². The van der Waals surface area contributed by atoms with Crippen molar-refractivity contribution >= 4 is 43.5 Å². The number of amidine groups is 1. The fourth-order valence-electron chi connectivity index (χ4n) is 3.26. The Balaban J connectivity index is -0.000000610. The predicted octanol–water partition coefficient (Wildman–Crippen LogP) is 4.43. The molecule has 0 aromatic heterocycles. The molecule has 0 saturated carbocycles. The molecule has 3 heterocycles. The monoisotopic (exact) mass is 796 g/mol. The number of nitrogens with zero attached hydrogens (tertiary/aromatic N) is 5. The summed E-state index contributed by atoms with van der Waals surface area (Å²) in [7, 11) is 0. The summed E-state index contributed by atoms with van der Waals surface area (Å²) in [5, 5.41) is 25.5. The molecule has 0 spiro atoms. The zero-order chi connectivity index (χ0) is 39.6. The van der Waals surface area contributed by atoms with Crippen LogP contribution < -0.4 is 32.6 Å². The summed E-state index contributed by atoms with van der Waals surface area (Å²) in [6.45, 7) is 40.0. The molecule has 4 radical (unpaired) electrons. The zero-order valence-electron chi connectivity index (χ0n) is 33.7. The molecule has 0 fully saturated rings. The van der Waals surface area contributed by atoms with Crippen molar-refractivity contribution in [1.82, 2.24) is 31.9 Å². The number of nitrogens with two attached hydrogens (primary N) is 1. The number of hydrogen-bond acceptors (Lipinski definition) is 11. The van der Waals surface area contributed by atoms with E-state index in [0.717, 1.165) is 5.70 Å². The first-order chi connectivity index (χ1) is 22.3. The standard InChI is InChI=1S/C10H20N.C9H12N4O.C8H13N3O2.C8H13N3O.B.Y/c1-9(2,3)7-8(11)10(4,5)6;1-6-7(5-10)12-13(8(14)11-6)9(2,3)4;1-5-9-6(11-13-5)7(12)10-8(2,3)4;1-5-9-7(12)6(11-10-5)8(2,3)4;;/h11H2,1-6H3;1H2,2-4H3,(H,11,14);1H2,2-4H3,(H,9,11)(H,10,12);10H,1H2,2-4H3,(H,9,12);;/q-1;;;;;. The van der Waals surface area contributed by atoms with Crippen LogP contribution in [0.15, 0.2) is 58.0 Å². The number of carbonyl (C=O) groups excluding carboxylic acids is 3. The number of allylic oxidation sites excluding steroid dienone is 3. The molecule has 17 heteroatoms. The maximum absolute atomic E-state index is 11.5. The van der Waals surface area contributed by atoms with E-state index in [2.05, 4.69) is 109 Å². The number of nitriles is 1. The Labute approximate surface area is 338 Å². The Morgan fingerprint density at radius 3 is 1.79 bits per heavy atom. The van der Waals surface area contributed by atoms with Crippen LogP contribution in [0.3, 0.4) is 0 Å². The first-order valence-corrected chi connectivity index (χ1v) is 15.9. The zero-order valence-corrected chi connectivity index (χ0v) is 36.6. The van der Waals surface area contributed by atoms with Crippen LogP contribution in [0.5, 0.6) is 0 Å². The molecular formula is C35H58BN11O4Y-. The molecule has 0 atom stereocenters. The summed E-state index contributed by atoms with van der Waals surface area (Å²) in [6, 6.07) is 1.51. The van der Waals surface area contributed by atoms with Gasteiger partial charge in [0.25, 0.3) is 11.8 Å². The van der Waals surface area contributed by atoms with E-state index in [4.69, 9.17) is 15.8 Å². The van der Waals surface area contributed by atoms with Gasteiger partial charge in [0.2, 0.25) is 11.7 Å². The van der Waals surface area contributed by atoms with Gasteiger partial charge in [0.15, 0.2) is 5.71 Å². The molecule has 284 valence electrons. The summed E-state index contributed by atoms with van der Waals surface area (Å²) >= 11 is 0. The number of aliphatic imine (C=N–C) groups is 1. The molecule has 3 aliphatic rings. The third kappa shape index (κ3) is 20.2. The molecule has 4 amide bonds. The van der Waals surface area contributed by atoms with Crippen LogP contribution in [0, 0.1) is 33.7 Å². The molecule has 0 aromatic rings. The minimum absolute atomic E-state index is 0. The van der Waals surface area contributed by atoms with E-state index >= 15 is 0 Å². The second kappa shape index (κ2) is 20.3. The van der Waals surface area contributed by atoms with Crippen LogP contribution >= 0.6 is 0 Å². The minimum Gasteiger partial charge on any atom is -0.470 e. The molecule has 0 aromatic carbocycles.